The predicted molar refractivity (Wildman–Crippen MR) is 56.1 cm³/mol. The summed E-state index contributed by atoms with van der Waals surface area (Å²) in [4.78, 5) is 10.7. The van der Waals surface area contributed by atoms with Crippen LogP contribution in [0.2, 0.25) is 0 Å². The summed E-state index contributed by atoms with van der Waals surface area (Å²) < 4.78 is 41.1. The Morgan fingerprint density at radius 3 is 2.56 bits per heavy atom. The number of benzene rings is 1. The quantitative estimate of drug-likeness (QED) is 0.664. The van der Waals surface area contributed by atoms with E-state index in [1.807, 2.05) is 0 Å². The van der Waals surface area contributed by atoms with E-state index in [4.69, 9.17) is 5.26 Å². The summed E-state index contributed by atoms with van der Waals surface area (Å²) in [6.45, 7) is 0. The van der Waals surface area contributed by atoms with Crippen LogP contribution in [0.15, 0.2) is 17.0 Å². The molecule has 0 unspecified atom stereocenters. The molecule has 0 aromatic heterocycles. The van der Waals surface area contributed by atoms with E-state index in [-0.39, 0.29) is 0 Å². The molecule has 0 aliphatic heterocycles. The first-order valence-electron chi connectivity index (χ1n) is 4.39. The number of esters is 1. The third-order valence-electron chi connectivity index (χ3n) is 1.83. The van der Waals surface area contributed by atoms with Gasteiger partial charge in [-0.15, -0.1) is 0 Å². The average molecular weight is 277 g/mol. The number of carbonyl (C=O) groups excluding carboxylic acids is 1. The SMILES string of the molecule is COC(=O)c1cc(O)cc(SC(F)(F)F)c1C#N. The van der Waals surface area contributed by atoms with Crippen LogP contribution in [0.5, 0.6) is 5.75 Å². The van der Waals surface area contributed by atoms with Crippen molar-refractivity contribution in [3.05, 3.63) is 23.3 Å². The molecular formula is C10H6F3NO3S. The van der Waals surface area contributed by atoms with Gasteiger partial charge in [0, 0.05) is 4.90 Å². The third kappa shape index (κ3) is 3.30. The Kier molecular flexibility index (Phi) is 4.08. The number of phenolic OH excluding ortho intramolecular Hbond substituents is 1. The first-order chi connectivity index (χ1) is 8.28. The van der Waals surface area contributed by atoms with Gasteiger partial charge < -0.3 is 9.84 Å². The summed E-state index contributed by atoms with van der Waals surface area (Å²) in [5, 5.41) is 18.1. The smallest absolute Gasteiger partial charge is 0.446 e. The van der Waals surface area contributed by atoms with Gasteiger partial charge in [-0.2, -0.15) is 18.4 Å². The van der Waals surface area contributed by atoms with Gasteiger partial charge in [-0.25, -0.2) is 4.79 Å². The highest BCUT2D eigenvalue weighted by Crippen LogP contribution is 2.40. The van der Waals surface area contributed by atoms with Crippen LogP contribution in [0.4, 0.5) is 13.2 Å². The molecule has 0 saturated heterocycles. The molecule has 4 nitrogen and oxygen atoms in total. The standard InChI is InChI=1S/C10H6F3NO3S/c1-17-9(16)6-2-5(15)3-8(7(6)4-14)18-10(11,12)13/h2-3,15H,1H3. The molecule has 0 atom stereocenters. The minimum absolute atomic E-state index is 0.410. The van der Waals surface area contributed by atoms with Crippen molar-refractivity contribution >= 4 is 17.7 Å². The largest absolute Gasteiger partial charge is 0.508 e. The van der Waals surface area contributed by atoms with Gasteiger partial charge in [0.1, 0.15) is 11.8 Å². The predicted octanol–water partition coefficient (Wildman–Crippen LogP) is 2.66. The molecule has 1 aromatic rings. The van der Waals surface area contributed by atoms with E-state index in [1.165, 1.54) is 6.07 Å². The topological polar surface area (TPSA) is 70.3 Å². The van der Waals surface area contributed by atoms with Crippen molar-refractivity contribution < 1.29 is 27.8 Å². The van der Waals surface area contributed by atoms with Crippen molar-refractivity contribution in [1.82, 2.24) is 0 Å². The van der Waals surface area contributed by atoms with Gasteiger partial charge in [-0.1, -0.05) is 0 Å². The Balaban J connectivity index is 3.39. The summed E-state index contributed by atoms with van der Waals surface area (Å²) in [5.74, 6) is -1.55. The molecule has 0 radical (unpaired) electrons. The minimum atomic E-state index is -4.63. The number of phenols is 1. The number of carbonyl (C=O) groups is 1. The fourth-order valence-electron chi connectivity index (χ4n) is 1.19. The van der Waals surface area contributed by atoms with Gasteiger partial charge in [0.25, 0.3) is 0 Å². The summed E-state index contributed by atoms with van der Waals surface area (Å²) in [5.41, 5.74) is -5.53. The zero-order valence-corrected chi connectivity index (χ0v) is 9.72. The molecule has 18 heavy (non-hydrogen) atoms. The maximum atomic E-state index is 12.3. The minimum Gasteiger partial charge on any atom is -0.508 e. The van der Waals surface area contributed by atoms with E-state index in [2.05, 4.69) is 4.74 Å². The van der Waals surface area contributed by atoms with Gasteiger partial charge in [-0.3, -0.25) is 0 Å². The maximum Gasteiger partial charge on any atom is 0.446 e. The summed E-state index contributed by atoms with van der Waals surface area (Å²) in [6.07, 6.45) is 0. The number of alkyl halides is 3. The number of rotatable bonds is 2. The monoisotopic (exact) mass is 277 g/mol. The number of aromatic hydroxyl groups is 1. The lowest BCUT2D eigenvalue weighted by Crippen LogP contribution is -2.07. The number of ether oxygens (including phenoxy) is 1. The summed E-state index contributed by atoms with van der Waals surface area (Å²) in [6, 6.07) is 3.14. The van der Waals surface area contributed by atoms with E-state index < -0.39 is 45.0 Å². The van der Waals surface area contributed by atoms with Crippen molar-refractivity contribution in [1.29, 1.82) is 5.26 Å². The highest BCUT2D eigenvalue weighted by atomic mass is 32.2. The molecule has 0 saturated carbocycles. The van der Waals surface area contributed by atoms with E-state index in [1.54, 1.807) is 0 Å². The van der Waals surface area contributed by atoms with Crippen molar-refractivity contribution in [2.24, 2.45) is 0 Å². The molecule has 0 aliphatic rings. The normalized spacial score (nSPS) is 10.8. The van der Waals surface area contributed by atoms with Gasteiger partial charge in [0.2, 0.25) is 0 Å². The van der Waals surface area contributed by atoms with E-state index >= 15 is 0 Å². The molecule has 0 bridgehead atoms. The Bertz CT molecular complexity index is 522. The lowest BCUT2D eigenvalue weighted by molar-refractivity contribution is -0.0328. The van der Waals surface area contributed by atoms with E-state index in [0.717, 1.165) is 19.2 Å². The fraction of sp³-hybridized carbons (Fsp3) is 0.200. The molecule has 0 spiro atoms. The van der Waals surface area contributed by atoms with E-state index in [0.29, 0.717) is 0 Å². The van der Waals surface area contributed by atoms with Crippen LogP contribution >= 0.6 is 11.8 Å². The Morgan fingerprint density at radius 2 is 2.11 bits per heavy atom. The van der Waals surface area contributed by atoms with Crippen LogP contribution in [-0.4, -0.2) is 23.7 Å². The lowest BCUT2D eigenvalue weighted by atomic mass is 10.1. The van der Waals surface area contributed by atoms with Gasteiger partial charge >= 0.3 is 11.5 Å². The second kappa shape index (κ2) is 5.18. The van der Waals surface area contributed by atoms with Gasteiger partial charge in [-0.05, 0) is 23.9 Å². The molecular weight excluding hydrogens is 271 g/mol. The first kappa shape index (κ1) is 14.2. The highest BCUT2D eigenvalue weighted by Gasteiger charge is 2.32. The molecule has 0 heterocycles. The molecule has 8 heteroatoms. The van der Waals surface area contributed by atoms with Crippen LogP contribution in [-0.2, 0) is 4.74 Å². The summed E-state index contributed by atoms with van der Waals surface area (Å²) in [7, 11) is 1.02. The number of thioether (sulfide) groups is 1. The van der Waals surface area contributed by atoms with Crippen molar-refractivity contribution in [3.8, 4) is 11.8 Å². The maximum absolute atomic E-state index is 12.3. The van der Waals surface area contributed by atoms with Crippen LogP contribution in [0.25, 0.3) is 0 Å². The van der Waals surface area contributed by atoms with Gasteiger partial charge in [0.05, 0.1) is 18.2 Å². The zero-order chi connectivity index (χ0) is 13.9. The number of halogens is 3. The second-order valence-corrected chi connectivity index (χ2v) is 4.12. The van der Waals surface area contributed by atoms with E-state index in [9.17, 15) is 23.1 Å². The van der Waals surface area contributed by atoms with Gasteiger partial charge in [0.15, 0.2) is 0 Å². The highest BCUT2D eigenvalue weighted by molar-refractivity contribution is 8.00. The van der Waals surface area contributed by atoms with Crippen LogP contribution < -0.4 is 0 Å². The Morgan fingerprint density at radius 1 is 1.50 bits per heavy atom. The molecule has 0 amide bonds. The van der Waals surface area contributed by atoms with Crippen molar-refractivity contribution in [3.63, 3.8) is 0 Å². The number of nitriles is 1. The molecule has 0 aliphatic carbocycles. The second-order valence-electron chi connectivity index (χ2n) is 3.02. The molecule has 1 N–H and O–H groups in total. The molecule has 96 valence electrons. The van der Waals surface area contributed by atoms with Crippen LogP contribution in [0, 0.1) is 11.3 Å². The average Bonchev–Trinajstić information content (AvgIpc) is 2.25. The Labute approximate surface area is 104 Å². The van der Waals surface area contributed by atoms with Crippen LogP contribution in [0.1, 0.15) is 15.9 Å². The number of nitrogens with zero attached hydrogens (tertiary/aromatic N) is 1. The molecule has 1 rings (SSSR count). The molecule has 1 aromatic carbocycles. The van der Waals surface area contributed by atoms with Crippen molar-refractivity contribution in [2.45, 2.75) is 10.4 Å². The fourth-order valence-corrected chi connectivity index (χ4v) is 1.88. The Hall–Kier alpha value is -1.88. The third-order valence-corrected chi connectivity index (χ3v) is 2.60. The lowest BCUT2D eigenvalue weighted by Gasteiger charge is -2.10. The zero-order valence-electron chi connectivity index (χ0n) is 8.91. The number of methoxy groups -OCH3 is 1. The number of hydrogen-bond donors (Lipinski definition) is 1. The molecule has 0 fully saturated rings. The summed E-state index contributed by atoms with van der Waals surface area (Å²) >= 11 is -0.582. The van der Waals surface area contributed by atoms with Crippen molar-refractivity contribution in [2.75, 3.05) is 7.11 Å². The van der Waals surface area contributed by atoms with Crippen LogP contribution in [0.3, 0.4) is 0 Å². The first-order valence-corrected chi connectivity index (χ1v) is 5.21. The number of hydrogen-bond acceptors (Lipinski definition) is 5.